The van der Waals surface area contributed by atoms with Crippen molar-refractivity contribution in [3.63, 3.8) is 0 Å². The van der Waals surface area contributed by atoms with Gasteiger partial charge in [0, 0.05) is 36.0 Å². The first-order chi connectivity index (χ1) is 12.0. The third kappa shape index (κ3) is 6.75. The topological polar surface area (TPSA) is 51.1 Å². The molecule has 25 heavy (non-hydrogen) atoms. The predicted octanol–water partition coefficient (Wildman–Crippen LogP) is 4.71. The van der Waals surface area contributed by atoms with E-state index in [1.165, 1.54) is 0 Å². The zero-order chi connectivity index (χ0) is 18.2. The smallest absolute Gasteiger partial charge is 0.172 e. The maximum atomic E-state index is 6.21. The first-order valence-electron chi connectivity index (χ1n) is 7.79. The molecule has 2 aromatic rings. The van der Waals surface area contributed by atoms with Crippen LogP contribution in [-0.2, 0) is 11.3 Å². The standard InChI is InChI=1S/C16H19BrCl2N4OS/c1-2-24-7-3-6-20-16(25)21-15-13(17)10-23(22-15)9-11-4-5-12(18)8-14(11)19/h4-5,8,10H,2-3,6-7,9H2,1H3,(H2,20,21,22,25). The Morgan fingerprint density at radius 1 is 1.40 bits per heavy atom. The third-order valence-electron chi connectivity index (χ3n) is 3.25. The normalized spacial score (nSPS) is 10.7. The fourth-order valence-corrected chi connectivity index (χ4v) is 3.14. The fraction of sp³-hybridized carbons (Fsp3) is 0.375. The summed E-state index contributed by atoms with van der Waals surface area (Å²) in [5, 5.41) is 12.4. The van der Waals surface area contributed by atoms with Gasteiger partial charge in [-0.2, -0.15) is 5.10 Å². The average molecular weight is 466 g/mol. The number of halogens is 3. The number of benzene rings is 1. The molecular weight excluding hydrogens is 447 g/mol. The second-order valence-electron chi connectivity index (χ2n) is 5.19. The molecule has 0 bridgehead atoms. The van der Waals surface area contributed by atoms with Crippen molar-refractivity contribution >= 4 is 62.3 Å². The van der Waals surface area contributed by atoms with Crippen LogP contribution in [0, 0.1) is 0 Å². The highest BCUT2D eigenvalue weighted by atomic mass is 79.9. The molecule has 5 nitrogen and oxygen atoms in total. The number of ether oxygens (including phenoxy) is 1. The number of hydrogen-bond donors (Lipinski definition) is 2. The second kappa shape index (κ2) is 10.3. The van der Waals surface area contributed by atoms with Gasteiger partial charge >= 0.3 is 0 Å². The molecule has 0 radical (unpaired) electrons. The Morgan fingerprint density at radius 2 is 2.20 bits per heavy atom. The maximum Gasteiger partial charge on any atom is 0.172 e. The van der Waals surface area contributed by atoms with Gasteiger partial charge in [-0.25, -0.2) is 0 Å². The summed E-state index contributed by atoms with van der Waals surface area (Å²) in [6, 6.07) is 5.41. The van der Waals surface area contributed by atoms with E-state index in [0.29, 0.717) is 34.1 Å². The summed E-state index contributed by atoms with van der Waals surface area (Å²) in [5.41, 5.74) is 0.934. The maximum absolute atomic E-state index is 6.21. The SMILES string of the molecule is CCOCCCNC(=S)Nc1nn(Cc2ccc(Cl)cc2Cl)cc1Br. The van der Waals surface area contributed by atoms with E-state index in [1.54, 1.807) is 10.7 Å². The summed E-state index contributed by atoms with van der Waals surface area (Å²) in [4.78, 5) is 0. The van der Waals surface area contributed by atoms with Crippen molar-refractivity contribution in [2.45, 2.75) is 19.9 Å². The molecule has 0 saturated carbocycles. The monoisotopic (exact) mass is 464 g/mol. The van der Waals surface area contributed by atoms with E-state index in [0.717, 1.165) is 29.6 Å². The minimum absolute atomic E-state index is 0.520. The Balaban J connectivity index is 1.90. The van der Waals surface area contributed by atoms with Crippen LogP contribution >= 0.6 is 51.3 Å². The molecule has 0 aliphatic carbocycles. The minimum Gasteiger partial charge on any atom is -0.382 e. The van der Waals surface area contributed by atoms with Crippen molar-refractivity contribution < 1.29 is 4.74 Å². The van der Waals surface area contributed by atoms with E-state index in [4.69, 9.17) is 40.2 Å². The van der Waals surface area contributed by atoms with Crippen LogP contribution in [0.15, 0.2) is 28.9 Å². The first kappa shape index (κ1) is 20.5. The summed E-state index contributed by atoms with van der Waals surface area (Å²) < 4.78 is 7.88. The van der Waals surface area contributed by atoms with Gasteiger partial charge in [-0.3, -0.25) is 4.68 Å². The van der Waals surface area contributed by atoms with Crippen LogP contribution in [0.3, 0.4) is 0 Å². The highest BCUT2D eigenvalue weighted by Gasteiger charge is 2.10. The van der Waals surface area contributed by atoms with Gasteiger partial charge < -0.3 is 15.4 Å². The third-order valence-corrected chi connectivity index (χ3v) is 4.67. The molecule has 136 valence electrons. The van der Waals surface area contributed by atoms with Crippen LogP contribution in [0.25, 0.3) is 0 Å². The lowest BCUT2D eigenvalue weighted by Gasteiger charge is -2.09. The highest BCUT2D eigenvalue weighted by Crippen LogP contribution is 2.24. The number of nitrogens with zero attached hydrogens (tertiary/aromatic N) is 2. The van der Waals surface area contributed by atoms with Gasteiger partial charge in [0.25, 0.3) is 0 Å². The molecule has 0 aliphatic heterocycles. The molecule has 9 heteroatoms. The molecule has 0 saturated heterocycles. The molecule has 0 aliphatic rings. The molecule has 0 amide bonds. The van der Waals surface area contributed by atoms with Crippen molar-refractivity contribution in [3.8, 4) is 0 Å². The molecule has 1 aromatic heterocycles. The Bertz CT molecular complexity index is 726. The Hall–Kier alpha value is -0.860. The van der Waals surface area contributed by atoms with E-state index < -0.39 is 0 Å². The molecule has 0 spiro atoms. The quantitative estimate of drug-likeness (QED) is 0.436. The molecule has 0 atom stereocenters. The predicted molar refractivity (Wildman–Crippen MR) is 111 cm³/mol. The van der Waals surface area contributed by atoms with Gasteiger partial charge in [0.05, 0.1) is 11.0 Å². The Labute approximate surface area is 171 Å². The first-order valence-corrected chi connectivity index (χ1v) is 9.74. The lowest BCUT2D eigenvalue weighted by atomic mass is 10.2. The second-order valence-corrected chi connectivity index (χ2v) is 7.30. The number of anilines is 1. The molecule has 0 fully saturated rings. The largest absolute Gasteiger partial charge is 0.382 e. The summed E-state index contributed by atoms with van der Waals surface area (Å²) in [7, 11) is 0. The van der Waals surface area contributed by atoms with Gasteiger partial charge in [0.1, 0.15) is 0 Å². The summed E-state index contributed by atoms with van der Waals surface area (Å²) >= 11 is 20.9. The van der Waals surface area contributed by atoms with E-state index in [2.05, 4.69) is 31.7 Å². The Kier molecular flexibility index (Phi) is 8.45. The van der Waals surface area contributed by atoms with Crippen LogP contribution < -0.4 is 10.6 Å². The van der Waals surface area contributed by atoms with Crippen molar-refractivity contribution in [2.24, 2.45) is 0 Å². The van der Waals surface area contributed by atoms with Crippen molar-refractivity contribution in [2.75, 3.05) is 25.1 Å². The highest BCUT2D eigenvalue weighted by molar-refractivity contribution is 9.10. The lowest BCUT2D eigenvalue weighted by molar-refractivity contribution is 0.146. The van der Waals surface area contributed by atoms with Gasteiger partial charge in [0.15, 0.2) is 10.9 Å². The van der Waals surface area contributed by atoms with Crippen molar-refractivity contribution in [1.82, 2.24) is 15.1 Å². The molecule has 0 unspecified atom stereocenters. The summed E-state index contributed by atoms with van der Waals surface area (Å²) in [5.74, 6) is 0.646. The van der Waals surface area contributed by atoms with Crippen molar-refractivity contribution in [1.29, 1.82) is 0 Å². The van der Waals surface area contributed by atoms with Gasteiger partial charge in [-0.1, -0.05) is 29.3 Å². The van der Waals surface area contributed by atoms with Gasteiger partial charge in [0.2, 0.25) is 0 Å². The van der Waals surface area contributed by atoms with E-state index in [-0.39, 0.29) is 0 Å². The lowest BCUT2D eigenvalue weighted by Crippen LogP contribution is -2.30. The van der Waals surface area contributed by atoms with E-state index in [9.17, 15) is 0 Å². The van der Waals surface area contributed by atoms with E-state index in [1.807, 2.05) is 25.3 Å². The van der Waals surface area contributed by atoms with Crippen LogP contribution in [-0.4, -0.2) is 34.7 Å². The zero-order valence-corrected chi connectivity index (χ0v) is 17.6. The molecule has 1 aromatic carbocycles. The molecule has 2 rings (SSSR count). The van der Waals surface area contributed by atoms with Crippen LogP contribution in [0.5, 0.6) is 0 Å². The summed E-state index contributed by atoms with van der Waals surface area (Å²) in [6.45, 7) is 4.69. The zero-order valence-electron chi connectivity index (χ0n) is 13.7. The van der Waals surface area contributed by atoms with E-state index >= 15 is 0 Å². The Morgan fingerprint density at radius 3 is 2.92 bits per heavy atom. The van der Waals surface area contributed by atoms with Crippen molar-refractivity contribution in [3.05, 3.63) is 44.5 Å². The summed E-state index contributed by atoms with van der Waals surface area (Å²) in [6.07, 6.45) is 2.76. The number of thiocarbonyl (C=S) groups is 1. The molecule has 1 heterocycles. The van der Waals surface area contributed by atoms with Gasteiger partial charge in [-0.05, 0) is 59.2 Å². The van der Waals surface area contributed by atoms with Crippen LogP contribution in [0.4, 0.5) is 5.82 Å². The average Bonchev–Trinajstić information content (AvgIpc) is 2.89. The van der Waals surface area contributed by atoms with Gasteiger partial charge in [-0.15, -0.1) is 0 Å². The minimum atomic E-state index is 0.520. The number of rotatable bonds is 8. The molecular formula is C16H19BrCl2N4OS. The van der Waals surface area contributed by atoms with Crippen LogP contribution in [0.2, 0.25) is 10.0 Å². The fourth-order valence-electron chi connectivity index (χ4n) is 2.06. The number of nitrogens with one attached hydrogen (secondary N) is 2. The van der Waals surface area contributed by atoms with Crippen LogP contribution in [0.1, 0.15) is 18.9 Å². The number of aromatic nitrogens is 2. The number of hydrogen-bond acceptors (Lipinski definition) is 3. The molecule has 2 N–H and O–H groups in total.